The number of thiazole rings is 1. The van der Waals surface area contributed by atoms with E-state index in [0.717, 1.165) is 15.8 Å². The van der Waals surface area contributed by atoms with Gasteiger partial charge in [-0.05, 0) is 41.5 Å². The van der Waals surface area contributed by atoms with Gasteiger partial charge in [0.1, 0.15) is 0 Å². The number of hydrogen-bond donors (Lipinski definition) is 3. The summed E-state index contributed by atoms with van der Waals surface area (Å²) in [7, 11) is -3.92. The van der Waals surface area contributed by atoms with Crippen LogP contribution in [0.1, 0.15) is 40.2 Å². The van der Waals surface area contributed by atoms with Crippen LogP contribution >= 0.6 is 11.3 Å². The van der Waals surface area contributed by atoms with Gasteiger partial charge in [0.25, 0.3) is 0 Å². The zero-order valence-electron chi connectivity index (χ0n) is 22.1. The number of fused-ring (bicyclic) bond motifs is 1. The largest absolute Gasteiger partial charge is 0.390 e. The fraction of sp³-hybridized carbons (Fsp3) is 0.481. The third-order valence-corrected chi connectivity index (χ3v) is 8.83. The summed E-state index contributed by atoms with van der Waals surface area (Å²) in [6.07, 6.45) is -0.843. The minimum atomic E-state index is -3.92. The third kappa shape index (κ3) is 7.58. The maximum Gasteiger partial charge on any atom is 0.243 e. The molecule has 3 atom stereocenters. The number of carbonyl (C=O) groups is 1. The average molecular weight is 547 g/mol. The number of carbonyl (C=O) groups excluding carboxylic acids is 1. The van der Waals surface area contributed by atoms with Gasteiger partial charge in [-0.1, -0.05) is 65.0 Å². The van der Waals surface area contributed by atoms with Crippen molar-refractivity contribution in [2.75, 3.05) is 13.1 Å². The summed E-state index contributed by atoms with van der Waals surface area (Å²) >= 11 is 1.37. The van der Waals surface area contributed by atoms with E-state index in [4.69, 9.17) is 5.73 Å². The van der Waals surface area contributed by atoms with Crippen molar-refractivity contribution in [2.24, 2.45) is 17.1 Å². The number of aliphatic hydroxyl groups excluding tert-OH is 1. The number of aromatic nitrogens is 1. The van der Waals surface area contributed by atoms with Crippen molar-refractivity contribution >= 4 is 37.5 Å². The molecule has 1 amide bonds. The van der Waals surface area contributed by atoms with Gasteiger partial charge < -0.3 is 16.2 Å². The van der Waals surface area contributed by atoms with E-state index >= 15 is 0 Å². The normalized spacial score (nSPS) is 15.2. The zero-order chi connectivity index (χ0) is 27.4. The summed E-state index contributed by atoms with van der Waals surface area (Å²) in [6, 6.07) is 12.8. The molecule has 0 bridgehead atoms. The average Bonchev–Trinajstić information content (AvgIpc) is 3.30. The number of rotatable bonds is 11. The highest BCUT2D eigenvalue weighted by Crippen LogP contribution is 2.25. The van der Waals surface area contributed by atoms with Crippen molar-refractivity contribution in [3.8, 4) is 0 Å². The lowest BCUT2D eigenvalue weighted by molar-refractivity contribution is -0.126. The molecule has 4 N–H and O–H groups in total. The van der Waals surface area contributed by atoms with Crippen LogP contribution in [-0.2, 0) is 21.2 Å². The van der Waals surface area contributed by atoms with Crippen molar-refractivity contribution in [2.45, 2.75) is 64.1 Å². The maximum atomic E-state index is 13.7. The molecule has 0 fully saturated rings. The van der Waals surface area contributed by atoms with Crippen LogP contribution in [0.5, 0.6) is 0 Å². The molecule has 1 unspecified atom stereocenters. The maximum absolute atomic E-state index is 13.7. The molecule has 0 saturated heterocycles. The van der Waals surface area contributed by atoms with Crippen molar-refractivity contribution in [1.29, 1.82) is 0 Å². The number of benzene rings is 2. The van der Waals surface area contributed by atoms with Gasteiger partial charge in [-0.2, -0.15) is 4.31 Å². The van der Waals surface area contributed by atoms with Gasteiger partial charge in [0, 0.05) is 13.1 Å². The summed E-state index contributed by atoms with van der Waals surface area (Å²) in [4.78, 5) is 17.4. The Kier molecular flexibility index (Phi) is 9.47. The van der Waals surface area contributed by atoms with Crippen LogP contribution in [-0.4, -0.2) is 60.0 Å². The molecule has 1 aromatic heterocycles. The first-order chi connectivity index (χ1) is 17.3. The van der Waals surface area contributed by atoms with Crippen LogP contribution in [0.25, 0.3) is 10.2 Å². The minimum Gasteiger partial charge on any atom is -0.390 e. The quantitative estimate of drug-likeness (QED) is 0.338. The molecule has 10 heteroatoms. The van der Waals surface area contributed by atoms with E-state index in [0.29, 0.717) is 6.42 Å². The van der Waals surface area contributed by atoms with Gasteiger partial charge in [0.15, 0.2) is 0 Å². The van der Waals surface area contributed by atoms with E-state index < -0.39 is 33.6 Å². The fourth-order valence-corrected chi connectivity index (χ4v) is 6.42. The second kappa shape index (κ2) is 12.0. The van der Waals surface area contributed by atoms with E-state index in [2.05, 4.69) is 10.3 Å². The Labute approximate surface area is 224 Å². The predicted molar refractivity (Wildman–Crippen MR) is 149 cm³/mol. The second-order valence-corrected chi connectivity index (χ2v) is 13.7. The van der Waals surface area contributed by atoms with Crippen LogP contribution in [0.15, 0.2) is 58.9 Å². The topological polar surface area (TPSA) is 126 Å². The van der Waals surface area contributed by atoms with Gasteiger partial charge in [-0.3, -0.25) is 4.79 Å². The van der Waals surface area contributed by atoms with Gasteiger partial charge in [-0.15, -0.1) is 11.3 Å². The summed E-state index contributed by atoms with van der Waals surface area (Å²) in [6.45, 7) is 9.50. The molecule has 2 aromatic carbocycles. The van der Waals surface area contributed by atoms with Gasteiger partial charge in [0.05, 0.1) is 38.8 Å². The Morgan fingerprint density at radius 3 is 2.43 bits per heavy atom. The van der Waals surface area contributed by atoms with Crippen LogP contribution in [0.2, 0.25) is 0 Å². The van der Waals surface area contributed by atoms with Crippen molar-refractivity contribution in [3.05, 3.63) is 59.6 Å². The molecule has 8 nitrogen and oxygen atoms in total. The molecule has 3 aromatic rings. The van der Waals surface area contributed by atoms with Crippen LogP contribution < -0.4 is 11.1 Å². The lowest BCUT2D eigenvalue weighted by Gasteiger charge is -2.33. The van der Waals surface area contributed by atoms with Gasteiger partial charge >= 0.3 is 0 Å². The highest BCUT2D eigenvalue weighted by molar-refractivity contribution is 7.89. The molecule has 0 radical (unpaired) electrons. The number of amides is 1. The fourth-order valence-electron chi connectivity index (χ4n) is 3.98. The summed E-state index contributed by atoms with van der Waals surface area (Å²) in [5.41, 5.74) is 9.02. The summed E-state index contributed by atoms with van der Waals surface area (Å²) in [5, 5.41) is 14.3. The summed E-state index contributed by atoms with van der Waals surface area (Å²) < 4.78 is 29.5. The second-order valence-electron chi connectivity index (χ2n) is 10.9. The molecule has 0 aliphatic heterocycles. The Bertz CT molecular complexity index is 1290. The molecule has 0 spiro atoms. The SMILES string of the molecule is CC(C)CN(C[C@@H](O)C(Cc1ccccc1)NC(=O)[C@@H](N)C(C)(C)C)S(=O)(=O)c1ccc2ncsc2c1. The van der Waals surface area contributed by atoms with Crippen LogP contribution in [0.4, 0.5) is 0 Å². The van der Waals surface area contributed by atoms with Crippen molar-refractivity contribution < 1.29 is 18.3 Å². The Morgan fingerprint density at radius 1 is 1.14 bits per heavy atom. The lowest BCUT2D eigenvalue weighted by atomic mass is 9.86. The number of nitrogens with two attached hydrogens (primary N) is 1. The Balaban J connectivity index is 1.90. The van der Waals surface area contributed by atoms with Crippen LogP contribution in [0, 0.1) is 11.3 Å². The van der Waals surface area contributed by atoms with E-state index in [1.807, 2.05) is 65.0 Å². The molecule has 3 rings (SSSR count). The smallest absolute Gasteiger partial charge is 0.243 e. The molecule has 37 heavy (non-hydrogen) atoms. The molecular formula is C27H38N4O4S2. The van der Waals surface area contributed by atoms with E-state index in [9.17, 15) is 18.3 Å². The standard InChI is InChI=1S/C27H38N4O4S2/c1-18(2)15-31(37(34,35)20-11-12-21-24(14-20)36-17-29-21)16-23(32)22(13-19-9-7-6-8-10-19)30-26(33)25(28)27(3,4)5/h6-12,14,17-18,22-23,25,32H,13,15-16,28H2,1-5H3,(H,30,33)/t22?,23-,25-/m1/s1. The first-order valence-corrected chi connectivity index (χ1v) is 14.7. The Hall–Kier alpha value is -2.37. The molecule has 0 aliphatic rings. The van der Waals surface area contributed by atoms with Crippen molar-refractivity contribution in [3.63, 3.8) is 0 Å². The van der Waals surface area contributed by atoms with Crippen molar-refractivity contribution in [1.82, 2.24) is 14.6 Å². The van der Waals surface area contributed by atoms with E-state index in [1.165, 1.54) is 15.6 Å². The van der Waals surface area contributed by atoms with Crippen LogP contribution in [0.3, 0.4) is 0 Å². The number of hydrogen-bond acceptors (Lipinski definition) is 7. The predicted octanol–water partition coefficient (Wildman–Crippen LogP) is 3.40. The number of aliphatic hydroxyl groups is 1. The monoisotopic (exact) mass is 546 g/mol. The highest BCUT2D eigenvalue weighted by Gasteiger charge is 2.34. The minimum absolute atomic E-state index is 0.0191. The third-order valence-electron chi connectivity index (χ3n) is 6.21. The molecular weight excluding hydrogens is 508 g/mol. The molecule has 202 valence electrons. The highest BCUT2D eigenvalue weighted by atomic mass is 32.2. The Morgan fingerprint density at radius 2 is 1.81 bits per heavy atom. The molecule has 0 saturated carbocycles. The van der Waals surface area contributed by atoms with Gasteiger partial charge in [0.2, 0.25) is 15.9 Å². The lowest BCUT2D eigenvalue weighted by Crippen LogP contribution is -2.56. The van der Waals surface area contributed by atoms with E-state index in [1.54, 1.807) is 23.7 Å². The summed E-state index contributed by atoms with van der Waals surface area (Å²) in [5.74, 6) is -0.369. The molecule has 1 heterocycles. The number of nitrogens with zero attached hydrogens (tertiary/aromatic N) is 2. The first-order valence-electron chi connectivity index (χ1n) is 12.4. The molecule has 0 aliphatic carbocycles. The zero-order valence-corrected chi connectivity index (χ0v) is 23.7. The number of sulfonamides is 1. The van der Waals surface area contributed by atoms with Gasteiger partial charge in [-0.25, -0.2) is 13.4 Å². The van der Waals surface area contributed by atoms with E-state index in [-0.39, 0.29) is 29.8 Å². The first kappa shape index (κ1) is 29.2. The number of nitrogens with one attached hydrogen (secondary N) is 1.